The number of aliphatic hydroxyl groups is 1. The van der Waals surface area contributed by atoms with Gasteiger partial charge in [-0.1, -0.05) is 76.1 Å². The van der Waals surface area contributed by atoms with Crippen LogP contribution in [0.15, 0.2) is 76.9 Å². The van der Waals surface area contributed by atoms with Gasteiger partial charge in [-0.3, -0.25) is 19.5 Å². The SMILES string of the molecule is CCc1cccc2cc(OCOC)cc(-c3ncc4c(N5CCCCCC5)nc(OC[C@]56CCCN5[C@H](COC(=O)N5CC(Oc7cc([C@@H](C(=O)N8C[C@H](O)C[C@H]8C(=O)N[C@@H](C)c8ccc(-c9scnc9C)cc8)C(C)C)on7)C5)CC6)nc4c3F)c12. The molecular weight excluding hydrogens is 1130 g/mol. The molecule has 5 aliphatic heterocycles. The third-order valence-electron chi connectivity index (χ3n) is 18.3. The first-order chi connectivity index (χ1) is 42.2. The van der Waals surface area contributed by atoms with Crippen LogP contribution in [0.3, 0.4) is 0 Å². The second kappa shape index (κ2) is 25.7. The lowest BCUT2D eigenvalue weighted by Gasteiger charge is -2.38. The number of benzene rings is 3. The number of β-amino-alcohol motifs (C(OH)–C–C–N with tert-alkyl or cyclic N) is 1. The number of halogens is 1. The van der Waals surface area contributed by atoms with Crippen molar-refractivity contribution in [2.75, 3.05) is 71.3 Å². The average molecular weight is 1210 g/mol. The number of ether oxygens (including phenoxy) is 5. The number of nitrogens with one attached hydrogen (secondary N) is 1. The summed E-state index contributed by atoms with van der Waals surface area (Å²) in [5, 5.41) is 20.3. The number of methoxy groups -OCH3 is 1. The number of aromatic nitrogens is 5. The van der Waals surface area contributed by atoms with Gasteiger partial charge in [0.25, 0.3) is 5.88 Å². The van der Waals surface area contributed by atoms with Crippen molar-refractivity contribution in [1.82, 2.24) is 45.1 Å². The van der Waals surface area contributed by atoms with Crippen LogP contribution in [-0.4, -0.2) is 159 Å². The van der Waals surface area contributed by atoms with Crippen LogP contribution in [0.2, 0.25) is 0 Å². The van der Waals surface area contributed by atoms with Gasteiger partial charge in [0.1, 0.15) is 54.1 Å². The van der Waals surface area contributed by atoms with Crippen molar-refractivity contribution in [1.29, 1.82) is 0 Å². The predicted octanol–water partition coefficient (Wildman–Crippen LogP) is 10.2. The lowest BCUT2D eigenvalue weighted by Crippen LogP contribution is -2.56. The van der Waals surface area contributed by atoms with E-state index in [4.69, 9.17) is 43.2 Å². The number of nitrogens with zero attached hydrogens (tertiary/aromatic N) is 9. The molecule has 460 valence electrons. The van der Waals surface area contributed by atoms with E-state index < -0.39 is 30.0 Å². The highest BCUT2D eigenvalue weighted by atomic mass is 32.1. The fourth-order valence-corrected chi connectivity index (χ4v) is 14.4. The van der Waals surface area contributed by atoms with E-state index in [1.54, 1.807) is 35.6 Å². The van der Waals surface area contributed by atoms with Crippen LogP contribution in [0.25, 0.3) is 43.4 Å². The highest BCUT2D eigenvalue weighted by Crippen LogP contribution is 2.44. The second-order valence-electron chi connectivity index (χ2n) is 24.3. The molecule has 5 saturated heterocycles. The first kappa shape index (κ1) is 59.8. The zero-order valence-corrected chi connectivity index (χ0v) is 51.2. The maximum atomic E-state index is 17.5. The second-order valence-corrected chi connectivity index (χ2v) is 25.2. The summed E-state index contributed by atoms with van der Waals surface area (Å²) in [5.74, 6) is -0.715. The van der Waals surface area contributed by atoms with Crippen molar-refractivity contribution in [2.45, 2.75) is 141 Å². The number of hydrogen-bond donors (Lipinski definition) is 2. The summed E-state index contributed by atoms with van der Waals surface area (Å²) in [6.07, 6.45) is 8.49. The highest BCUT2D eigenvalue weighted by molar-refractivity contribution is 7.13. The van der Waals surface area contributed by atoms with Crippen molar-refractivity contribution in [3.8, 4) is 39.3 Å². The van der Waals surface area contributed by atoms with E-state index in [9.17, 15) is 19.5 Å². The van der Waals surface area contributed by atoms with Crippen molar-refractivity contribution >= 4 is 56.7 Å². The van der Waals surface area contributed by atoms with E-state index in [-0.39, 0.29) is 116 Å². The van der Waals surface area contributed by atoms with Crippen molar-refractivity contribution in [3.05, 3.63) is 101 Å². The van der Waals surface area contributed by atoms with Gasteiger partial charge in [0.05, 0.1) is 52.2 Å². The van der Waals surface area contributed by atoms with Crippen LogP contribution in [0.4, 0.5) is 15.0 Å². The molecule has 0 aliphatic carbocycles. The summed E-state index contributed by atoms with van der Waals surface area (Å²) in [7, 11) is 1.56. The molecule has 3 amide bonds. The van der Waals surface area contributed by atoms with Gasteiger partial charge in [-0.2, -0.15) is 9.97 Å². The fraction of sp³-hybridized carbons (Fsp3) is 0.508. The van der Waals surface area contributed by atoms with Gasteiger partial charge < -0.3 is 53.3 Å². The Balaban J connectivity index is 0.663. The molecule has 4 aromatic heterocycles. The van der Waals surface area contributed by atoms with Crippen molar-refractivity contribution < 1.29 is 52.1 Å². The molecule has 0 unspecified atom stereocenters. The predicted molar refractivity (Wildman–Crippen MR) is 326 cm³/mol. The Morgan fingerprint density at radius 3 is 2.49 bits per heavy atom. The van der Waals surface area contributed by atoms with Gasteiger partial charge in [0.2, 0.25) is 11.8 Å². The molecule has 87 heavy (non-hydrogen) atoms. The molecule has 5 fully saturated rings. The van der Waals surface area contributed by atoms with Gasteiger partial charge in [0, 0.05) is 57.0 Å². The first-order valence-electron chi connectivity index (χ1n) is 30.7. The molecule has 6 atom stereocenters. The Morgan fingerprint density at radius 1 is 0.943 bits per heavy atom. The number of likely N-dealkylation sites (tertiary alicyclic amines) is 2. The summed E-state index contributed by atoms with van der Waals surface area (Å²) in [6, 6.07) is 18.2. The number of fused-ring (bicyclic) bond motifs is 3. The number of pyridine rings is 1. The molecule has 7 aromatic rings. The molecule has 12 rings (SSSR count). The Bertz CT molecular complexity index is 3630. The van der Waals surface area contributed by atoms with Crippen LogP contribution >= 0.6 is 11.3 Å². The normalized spacial score (nSPS) is 21.5. The third kappa shape index (κ3) is 12.3. The number of thiazole rings is 1. The van der Waals surface area contributed by atoms with E-state index in [2.05, 4.69) is 38.2 Å². The molecule has 0 bridgehead atoms. The smallest absolute Gasteiger partial charge is 0.410 e. The molecule has 5 aliphatic rings. The molecule has 0 spiro atoms. The number of aryl methyl sites for hydroxylation is 2. The van der Waals surface area contributed by atoms with E-state index in [1.165, 1.54) is 4.90 Å². The number of carbonyl (C=O) groups is 3. The third-order valence-corrected chi connectivity index (χ3v) is 19.2. The maximum Gasteiger partial charge on any atom is 0.410 e. The first-order valence-corrected chi connectivity index (χ1v) is 31.6. The Morgan fingerprint density at radius 2 is 1.75 bits per heavy atom. The lowest BCUT2D eigenvalue weighted by molar-refractivity contribution is -0.141. The van der Waals surface area contributed by atoms with E-state index in [0.717, 1.165) is 115 Å². The molecule has 9 heterocycles. The molecular formula is C65H77FN10O10S. The van der Waals surface area contributed by atoms with E-state index >= 15 is 4.39 Å². The summed E-state index contributed by atoms with van der Waals surface area (Å²) >= 11 is 1.58. The summed E-state index contributed by atoms with van der Waals surface area (Å²) in [4.78, 5) is 69.5. The van der Waals surface area contributed by atoms with Crippen molar-refractivity contribution in [2.24, 2.45) is 5.92 Å². The molecule has 3 aromatic carbocycles. The minimum absolute atomic E-state index is 0.00402. The maximum absolute atomic E-state index is 17.5. The summed E-state index contributed by atoms with van der Waals surface area (Å²) in [6.45, 7) is 13.2. The van der Waals surface area contributed by atoms with Gasteiger partial charge in [-0.15, -0.1) is 11.3 Å². The van der Waals surface area contributed by atoms with Crippen LogP contribution in [0.5, 0.6) is 17.6 Å². The number of rotatable bonds is 20. The Hall–Kier alpha value is -7.53. The summed E-state index contributed by atoms with van der Waals surface area (Å²) < 4.78 is 53.2. The molecule has 0 radical (unpaired) electrons. The van der Waals surface area contributed by atoms with E-state index in [0.29, 0.717) is 22.5 Å². The van der Waals surface area contributed by atoms with Gasteiger partial charge in [0.15, 0.2) is 18.4 Å². The van der Waals surface area contributed by atoms with Crippen LogP contribution in [0.1, 0.15) is 120 Å². The molecule has 22 heteroatoms. The van der Waals surface area contributed by atoms with Gasteiger partial charge in [-0.05, 0) is 116 Å². The lowest BCUT2D eigenvalue weighted by atomic mass is 9.91. The minimum atomic E-state index is -0.883. The number of anilines is 1. The monoisotopic (exact) mass is 1210 g/mol. The zero-order valence-electron chi connectivity index (χ0n) is 50.3. The minimum Gasteiger partial charge on any atom is -0.468 e. The van der Waals surface area contributed by atoms with Crippen molar-refractivity contribution in [3.63, 3.8) is 0 Å². The number of carbonyl (C=O) groups excluding carboxylic acids is 3. The number of amides is 3. The van der Waals surface area contributed by atoms with E-state index in [1.807, 2.05) is 81.7 Å². The largest absolute Gasteiger partial charge is 0.468 e. The van der Waals surface area contributed by atoms with Crippen LogP contribution in [-0.2, 0) is 25.5 Å². The Kier molecular flexibility index (Phi) is 17.6. The topological polar surface area (TPSA) is 220 Å². The van der Waals surface area contributed by atoms with Crippen LogP contribution < -0.4 is 24.4 Å². The Labute approximate surface area is 509 Å². The fourth-order valence-electron chi connectivity index (χ4n) is 13.6. The molecule has 20 nitrogen and oxygen atoms in total. The van der Waals surface area contributed by atoms with Crippen LogP contribution in [0, 0.1) is 18.7 Å². The van der Waals surface area contributed by atoms with Gasteiger partial charge in [-0.25, -0.2) is 14.2 Å². The molecule has 2 N–H and O–H groups in total. The highest BCUT2D eigenvalue weighted by Gasteiger charge is 2.51. The quantitative estimate of drug-likeness (QED) is 0.0678. The average Bonchev–Trinajstić information content (AvgIpc) is 2.26. The standard InChI is InChI=1S/C65H77FN10O10S/c1-7-41-14-12-15-44-26-47(84-37-81-6)28-49(55(41)44)57-56(66)58-50(30-67-57)60(73-23-10-8-9-11-24-73)71-63(70-58)83-35-65-21-13-25-76(65)45(20-22-65)34-82-64(80)74-32-48(33-74)85-53-29-52(86-72-53)54(38(2)3)62(79)75-31-46(77)27-51(75)61(78)69-39(4)42-16-18-43(19-17-42)59-40(5)68-36-87-59/h12,14-19,26,28-30,36,38-39,45-46,48,51,54,77H,7-11,13,20-25,27,31-35,37H2,1-6H3,(H,69,78)/t39-,45-,46+,51-,54-,65+/m0/s1. The number of aliphatic hydroxyl groups excluding tert-OH is 1. The molecule has 0 saturated carbocycles. The zero-order chi connectivity index (χ0) is 60.5. The summed E-state index contributed by atoms with van der Waals surface area (Å²) in [5.41, 5.74) is 6.37. The number of hydrogen-bond acceptors (Lipinski definition) is 18. The van der Waals surface area contributed by atoms with Gasteiger partial charge >= 0.3 is 12.1 Å².